The standard InChI is InChI=1S/C18H15F3N2O3/c19-18(20,21)16-4-2-12(8-22-16)17(24)23-6-5-13(9-23)11-1-3-14-15(7-11)26-10-25-14/h1-4,7-8,13H,5-6,9-10H2/t13-/m0/s1. The number of nitrogens with zero attached hydrogens (tertiary/aromatic N) is 2. The summed E-state index contributed by atoms with van der Waals surface area (Å²) in [5.74, 6) is 1.24. The molecule has 0 radical (unpaired) electrons. The maximum absolute atomic E-state index is 12.6. The number of carbonyl (C=O) groups is 1. The molecule has 2 aliphatic heterocycles. The summed E-state index contributed by atoms with van der Waals surface area (Å²) in [4.78, 5) is 17.5. The Morgan fingerprint density at radius 3 is 2.69 bits per heavy atom. The van der Waals surface area contributed by atoms with Gasteiger partial charge < -0.3 is 14.4 Å². The molecule has 2 aliphatic rings. The van der Waals surface area contributed by atoms with Crippen molar-refractivity contribution in [3.63, 3.8) is 0 Å². The van der Waals surface area contributed by atoms with E-state index in [-0.39, 0.29) is 24.2 Å². The second-order valence-corrected chi connectivity index (χ2v) is 6.28. The van der Waals surface area contributed by atoms with Gasteiger partial charge in [-0.05, 0) is 36.2 Å². The summed E-state index contributed by atoms with van der Waals surface area (Å²) >= 11 is 0. The van der Waals surface area contributed by atoms with E-state index in [4.69, 9.17) is 9.47 Å². The average molecular weight is 364 g/mol. The number of halogens is 3. The number of alkyl halides is 3. The zero-order valence-corrected chi connectivity index (χ0v) is 13.6. The zero-order chi connectivity index (χ0) is 18.3. The summed E-state index contributed by atoms with van der Waals surface area (Å²) < 4.78 is 48.4. The van der Waals surface area contributed by atoms with Gasteiger partial charge >= 0.3 is 6.18 Å². The van der Waals surface area contributed by atoms with Gasteiger partial charge in [-0.1, -0.05) is 6.07 Å². The minimum atomic E-state index is -4.51. The van der Waals surface area contributed by atoms with Crippen molar-refractivity contribution in [2.45, 2.75) is 18.5 Å². The van der Waals surface area contributed by atoms with Crippen LogP contribution in [0.25, 0.3) is 0 Å². The number of aromatic nitrogens is 1. The van der Waals surface area contributed by atoms with Gasteiger partial charge in [-0.15, -0.1) is 0 Å². The third-order valence-electron chi connectivity index (χ3n) is 4.64. The van der Waals surface area contributed by atoms with Crippen molar-refractivity contribution in [2.75, 3.05) is 19.9 Å². The second-order valence-electron chi connectivity index (χ2n) is 6.28. The fourth-order valence-corrected chi connectivity index (χ4v) is 3.25. The maximum atomic E-state index is 12.6. The lowest BCUT2D eigenvalue weighted by molar-refractivity contribution is -0.141. The number of amides is 1. The molecule has 0 saturated carbocycles. The van der Waals surface area contributed by atoms with Crippen LogP contribution < -0.4 is 9.47 Å². The molecule has 0 unspecified atom stereocenters. The molecule has 8 heteroatoms. The van der Waals surface area contributed by atoms with Crippen LogP contribution in [0.1, 0.15) is 34.0 Å². The van der Waals surface area contributed by atoms with Crippen molar-refractivity contribution < 1.29 is 27.4 Å². The Hall–Kier alpha value is -2.77. The molecule has 5 nitrogen and oxygen atoms in total. The fourth-order valence-electron chi connectivity index (χ4n) is 3.25. The molecule has 26 heavy (non-hydrogen) atoms. The Morgan fingerprint density at radius 1 is 1.15 bits per heavy atom. The van der Waals surface area contributed by atoms with Crippen LogP contribution in [0.2, 0.25) is 0 Å². The molecule has 1 fully saturated rings. The van der Waals surface area contributed by atoms with Crippen molar-refractivity contribution in [1.82, 2.24) is 9.88 Å². The molecule has 1 aromatic heterocycles. The number of hydrogen-bond donors (Lipinski definition) is 0. The topological polar surface area (TPSA) is 51.7 Å². The van der Waals surface area contributed by atoms with Gasteiger partial charge in [0, 0.05) is 25.2 Å². The quantitative estimate of drug-likeness (QED) is 0.819. The molecule has 136 valence electrons. The predicted molar refractivity (Wildman–Crippen MR) is 85.1 cm³/mol. The lowest BCUT2D eigenvalue weighted by Gasteiger charge is -2.17. The zero-order valence-electron chi connectivity index (χ0n) is 13.6. The highest BCUT2D eigenvalue weighted by molar-refractivity contribution is 5.94. The van der Waals surface area contributed by atoms with Gasteiger partial charge in [0.2, 0.25) is 6.79 Å². The molecule has 1 saturated heterocycles. The van der Waals surface area contributed by atoms with Crippen LogP contribution in [0.3, 0.4) is 0 Å². The third kappa shape index (κ3) is 3.07. The monoisotopic (exact) mass is 364 g/mol. The minimum Gasteiger partial charge on any atom is -0.454 e. The molecule has 0 spiro atoms. The molecule has 0 aliphatic carbocycles. The molecule has 1 amide bonds. The van der Waals surface area contributed by atoms with E-state index in [0.717, 1.165) is 24.2 Å². The summed E-state index contributed by atoms with van der Waals surface area (Å²) in [7, 11) is 0. The molecule has 3 heterocycles. The number of benzene rings is 1. The number of likely N-dealkylation sites (tertiary alicyclic amines) is 1. The highest BCUT2D eigenvalue weighted by atomic mass is 19.4. The van der Waals surface area contributed by atoms with E-state index in [2.05, 4.69) is 4.98 Å². The Bertz CT molecular complexity index is 837. The lowest BCUT2D eigenvalue weighted by Crippen LogP contribution is -2.28. The van der Waals surface area contributed by atoms with Crippen LogP contribution in [0, 0.1) is 0 Å². The molecule has 1 aromatic carbocycles. The summed E-state index contributed by atoms with van der Waals surface area (Å²) in [6, 6.07) is 7.72. The Morgan fingerprint density at radius 2 is 1.96 bits per heavy atom. The van der Waals surface area contributed by atoms with Gasteiger partial charge in [0.25, 0.3) is 5.91 Å². The first-order valence-corrected chi connectivity index (χ1v) is 8.14. The third-order valence-corrected chi connectivity index (χ3v) is 4.64. The maximum Gasteiger partial charge on any atom is 0.433 e. The Kier molecular flexibility index (Phi) is 3.97. The van der Waals surface area contributed by atoms with Crippen molar-refractivity contribution in [2.24, 2.45) is 0 Å². The SMILES string of the molecule is O=C(c1ccc(C(F)(F)F)nc1)N1CC[C@H](c2ccc3c(c2)OCO3)C1. The summed E-state index contributed by atoms with van der Waals surface area (Å²) in [5, 5.41) is 0. The van der Waals surface area contributed by atoms with Crippen LogP contribution in [0.5, 0.6) is 11.5 Å². The van der Waals surface area contributed by atoms with Gasteiger partial charge in [0.1, 0.15) is 5.69 Å². The van der Waals surface area contributed by atoms with E-state index >= 15 is 0 Å². The first-order valence-electron chi connectivity index (χ1n) is 8.14. The van der Waals surface area contributed by atoms with E-state index < -0.39 is 11.9 Å². The van der Waals surface area contributed by atoms with Gasteiger partial charge in [0.05, 0.1) is 5.56 Å². The van der Waals surface area contributed by atoms with E-state index in [0.29, 0.717) is 24.6 Å². The van der Waals surface area contributed by atoms with Crippen LogP contribution in [0.4, 0.5) is 13.2 Å². The summed E-state index contributed by atoms with van der Waals surface area (Å²) in [6.07, 6.45) is -2.75. The van der Waals surface area contributed by atoms with Crippen LogP contribution in [0.15, 0.2) is 36.5 Å². The molecular weight excluding hydrogens is 349 g/mol. The molecule has 4 rings (SSSR count). The summed E-state index contributed by atoms with van der Waals surface area (Å²) in [6.45, 7) is 1.24. The lowest BCUT2D eigenvalue weighted by atomic mass is 9.98. The Balaban J connectivity index is 1.45. The minimum absolute atomic E-state index is 0.149. The normalized spacial score (nSPS) is 19.0. The van der Waals surface area contributed by atoms with E-state index in [1.165, 1.54) is 6.07 Å². The number of ether oxygens (including phenoxy) is 2. The molecule has 2 aromatic rings. The molecule has 0 bridgehead atoms. The van der Waals surface area contributed by atoms with Crippen molar-refractivity contribution in [3.05, 3.63) is 53.3 Å². The van der Waals surface area contributed by atoms with Crippen molar-refractivity contribution >= 4 is 5.91 Å². The van der Waals surface area contributed by atoms with E-state index in [9.17, 15) is 18.0 Å². The van der Waals surface area contributed by atoms with E-state index in [1.54, 1.807) is 4.90 Å². The van der Waals surface area contributed by atoms with Crippen LogP contribution in [-0.4, -0.2) is 35.7 Å². The Labute approximate surface area is 147 Å². The predicted octanol–water partition coefficient (Wildman–Crippen LogP) is 3.46. The van der Waals surface area contributed by atoms with Gasteiger partial charge in [-0.3, -0.25) is 9.78 Å². The van der Waals surface area contributed by atoms with E-state index in [1.807, 2.05) is 18.2 Å². The second kappa shape index (κ2) is 6.19. The number of hydrogen-bond acceptors (Lipinski definition) is 4. The average Bonchev–Trinajstić information content (AvgIpc) is 3.29. The van der Waals surface area contributed by atoms with Gasteiger partial charge in [-0.25, -0.2) is 0 Å². The fraction of sp³-hybridized carbons (Fsp3) is 0.333. The highest BCUT2D eigenvalue weighted by Crippen LogP contribution is 2.37. The first-order chi connectivity index (χ1) is 12.4. The van der Waals surface area contributed by atoms with Crippen molar-refractivity contribution in [3.8, 4) is 11.5 Å². The highest BCUT2D eigenvalue weighted by Gasteiger charge is 2.33. The molecular formula is C18H15F3N2O3. The van der Waals surface area contributed by atoms with Gasteiger partial charge in [0.15, 0.2) is 11.5 Å². The number of pyridine rings is 1. The van der Waals surface area contributed by atoms with Crippen LogP contribution >= 0.6 is 0 Å². The van der Waals surface area contributed by atoms with Gasteiger partial charge in [-0.2, -0.15) is 13.2 Å². The smallest absolute Gasteiger partial charge is 0.433 e. The molecule has 0 N–H and O–H groups in total. The number of carbonyl (C=O) groups excluding carboxylic acids is 1. The van der Waals surface area contributed by atoms with Crippen LogP contribution in [-0.2, 0) is 6.18 Å². The van der Waals surface area contributed by atoms with Crippen molar-refractivity contribution in [1.29, 1.82) is 0 Å². The number of fused-ring (bicyclic) bond motifs is 1. The number of rotatable bonds is 2. The first kappa shape index (κ1) is 16.7. The summed E-state index contributed by atoms with van der Waals surface area (Å²) in [5.41, 5.74) is 0.202. The molecule has 1 atom stereocenters. The largest absolute Gasteiger partial charge is 0.454 e.